The van der Waals surface area contributed by atoms with Gasteiger partial charge in [0.1, 0.15) is 0 Å². The predicted octanol–water partition coefficient (Wildman–Crippen LogP) is 2.08. The van der Waals surface area contributed by atoms with E-state index in [2.05, 4.69) is 10.6 Å². The van der Waals surface area contributed by atoms with Gasteiger partial charge in [0.15, 0.2) is 0 Å². The van der Waals surface area contributed by atoms with Gasteiger partial charge in [-0.05, 0) is 18.6 Å². The lowest BCUT2D eigenvalue weighted by Gasteiger charge is -2.14. The van der Waals surface area contributed by atoms with Crippen molar-refractivity contribution in [2.45, 2.75) is 30.7 Å². The third-order valence-electron chi connectivity index (χ3n) is 2.73. The number of terminal acetylenes is 1. The molecule has 4 nitrogen and oxygen atoms in total. The van der Waals surface area contributed by atoms with Crippen molar-refractivity contribution in [1.82, 2.24) is 4.72 Å². The molecule has 0 aliphatic heterocycles. The molecule has 3 N–H and O–H groups in total. The Bertz CT molecular complexity index is 565. The highest BCUT2D eigenvalue weighted by Gasteiger charge is 2.15. The Balaban J connectivity index is 2.48. The molecule has 0 aromatic heterocycles. The molecule has 0 aliphatic rings. The maximum Gasteiger partial charge on any atom is 0.212 e. The maximum absolute atomic E-state index is 11.9. The highest BCUT2D eigenvalue weighted by Crippen LogP contribution is 2.24. The summed E-state index contributed by atoms with van der Waals surface area (Å²) in [6, 6.07) is 7.23. The van der Waals surface area contributed by atoms with Gasteiger partial charge in [-0.3, -0.25) is 0 Å². The summed E-state index contributed by atoms with van der Waals surface area (Å²) < 4.78 is 26.5. The van der Waals surface area contributed by atoms with Crippen LogP contribution in [0.15, 0.2) is 29.2 Å². The number of nitrogens with one attached hydrogen (secondary N) is 1. The number of para-hydroxylation sites is 1. The molecule has 0 saturated carbocycles. The number of rotatable bonds is 8. The summed E-state index contributed by atoms with van der Waals surface area (Å²) in [6.07, 6.45) is 6.31. The number of sulfonamides is 1. The monoisotopic (exact) mass is 312 g/mol. The van der Waals surface area contributed by atoms with E-state index in [1.54, 1.807) is 6.07 Å². The van der Waals surface area contributed by atoms with Gasteiger partial charge in [-0.2, -0.15) is 0 Å². The van der Waals surface area contributed by atoms with Crippen molar-refractivity contribution in [3.8, 4) is 12.3 Å². The second-order valence-electron chi connectivity index (χ2n) is 4.34. The minimum Gasteiger partial charge on any atom is -0.398 e. The van der Waals surface area contributed by atoms with Gasteiger partial charge in [0.2, 0.25) is 10.0 Å². The summed E-state index contributed by atoms with van der Waals surface area (Å²) in [5, 5.41) is 0. The van der Waals surface area contributed by atoms with Gasteiger partial charge in [-0.1, -0.05) is 19.1 Å². The lowest BCUT2D eigenvalue weighted by molar-refractivity contribution is 0.545. The molecular formula is C14H20N2O2S2. The fourth-order valence-corrected chi connectivity index (χ4v) is 4.31. The average molecular weight is 312 g/mol. The first-order valence-corrected chi connectivity index (χ1v) is 9.03. The number of thioether (sulfide) groups is 1. The van der Waals surface area contributed by atoms with Crippen LogP contribution in [0.25, 0.3) is 0 Å². The number of benzene rings is 1. The van der Waals surface area contributed by atoms with Gasteiger partial charge >= 0.3 is 0 Å². The average Bonchev–Trinajstić information content (AvgIpc) is 2.40. The molecule has 6 heteroatoms. The van der Waals surface area contributed by atoms with E-state index in [9.17, 15) is 8.42 Å². The molecule has 0 amide bonds. The van der Waals surface area contributed by atoms with Crippen LogP contribution in [0.5, 0.6) is 0 Å². The third-order valence-corrected chi connectivity index (χ3v) is 5.52. The first-order valence-electron chi connectivity index (χ1n) is 6.39. The number of hydrogen-bond acceptors (Lipinski definition) is 4. The Kier molecular flexibility index (Phi) is 6.93. The largest absolute Gasteiger partial charge is 0.398 e. The minimum atomic E-state index is -3.31. The fourth-order valence-electron chi connectivity index (χ4n) is 1.60. The lowest BCUT2D eigenvalue weighted by Crippen LogP contribution is -2.36. The molecule has 1 aromatic rings. The second kappa shape index (κ2) is 8.20. The topological polar surface area (TPSA) is 72.2 Å². The van der Waals surface area contributed by atoms with Crippen molar-refractivity contribution < 1.29 is 8.42 Å². The molecule has 0 spiro atoms. The van der Waals surface area contributed by atoms with E-state index in [4.69, 9.17) is 12.2 Å². The summed E-state index contributed by atoms with van der Waals surface area (Å²) in [7, 11) is -3.31. The zero-order chi connectivity index (χ0) is 15.0. The van der Waals surface area contributed by atoms with Crippen LogP contribution in [-0.2, 0) is 10.0 Å². The number of nitrogen functional groups attached to an aromatic ring is 1. The van der Waals surface area contributed by atoms with Gasteiger partial charge in [-0.15, -0.1) is 24.1 Å². The second-order valence-corrected chi connectivity index (χ2v) is 7.35. The van der Waals surface area contributed by atoms with Gasteiger partial charge in [0.05, 0.1) is 5.75 Å². The predicted molar refractivity (Wildman–Crippen MR) is 86.0 cm³/mol. The molecule has 20 heavy (non-hydrogen) atoms. The molecule has 0 heterocycles. The van der Waals surface area contributed by atoms with Crippen LogP contribution in [0.4, 0.5) is 5.69 Å². The zero-order valence-electron chi connectivity index (χ0n) is 11.5. The molecule has 0 aliphatic carbocycles. The molecule has 0 bridgehead atoms. The van der Waals surface area contributed by atoms with Crippen molar-refractivity contribution >= 4 is 27.5 Å². The number of hydrogen-bond donors (Lipinski definition) is 2. The van der Waals surface area contributed by atoms with Gasteiger partial charge in [0, 0.05) is 28.8 Å². The van der Waals surface area contributed by atoms with E-state index in [0.717, 1.165) is 4.90 Å². The summed E-state index contributed by atoms with van der Waals surface area (Å²) in [5.41, 5.74) is 6.47. The van der Waals surface area contributed by atoms with E-state index < -0.39 is 10.0 Å². The van der Waals surface area contributed by atoms with Crippen LogP contribution < -0.4 is 10.5 Å². The minimum absolute atomic E-state index is 0.0487. The maximum atomic E-state index is 11.9. The van der Waals surface area contributed by atoms with E-state index in [1.807, 2.05) is 25.1 Å². The van der Waals surface area contributed by atoms with Gasteiger partial charge < -0.3 is 5.73 Å². The van der Waals surface area contributed by atoms with Gasteiger partial charge in [-0.25, -0.2) is 13.1 Å². The summed E-state index contributed by atoms with van der Waals surface area (Å²) in [6.45, 7) is 1.91. The van der Waals surface area contributed by atoms with Crippen LogP contribution >= 0.6 is 11.8 Å². The van der Waals surface area contributed by atoms with Crippen molar-refractivity contribution in [2.75, 3.05) is 17.2 Å². The van der Waals surface area contributed by atoms with Crippen LogP contribution in [0, 0.1) is 12.3 Å². The van der Waals surface area contributed by atoms with Gasteiger partial charge in [0.25, 0.3) is 0 Å². The van der Waals surface area contributed by atoms with Crippen molar-refractivity contribution in [3.05, 3.63) is 24.3 Å². The van der Waals surface area contributed by atoms with Crippen LogP contribution in [0.3, 0.4) is 0 Å². The lowest BCUT2D eigenvalue weighted by atomic mass is 10.2. The molecule has 1 unspecified atom stereocenters. The summed E-state index contributed by atoms with van der Waals surface area (Å²) in [5.74, 6) is 2.99. The number of nitrogens with two attached hydrogens (primary N) is 1. The zero-order valence-corrected chi connectivity index (χ0v) is 13.1. The third kappa shape index (κ3) is 5.87. The highest BCUT2D eigenvalue weighted by atomic mass is 32.2. The molecular weight excluding hydrogens is 292 g/mol. The molecule has 0 radical (unpaired) electrons. The molecule has 1 rings (SSSR count). The normalized spacial score (nSPS) is 12.8. The number of anilines is 1. The molecule has 0 fully saturated rings. The van der Waals surface area contributed by atoms with E-state index in [-0.39, 0.29) is 11.8 Å². The van der Waals surface area contributed by atoms with E-state index in [0.29, 0.717) is 24.3 Å². The first kappa shape index (κ1) is 16.9. The smallest absolute Gasteiger partial charge is 0.212 e. The quantitative estimate of drug-likeness (QED) is 0.438. The molecule has 1 atom stereocenters. The Morgan fingerprint density at radius 3 is 2.75 bits per heavy atom. The SMILES string of the molecule is C#CCC(CC)NS(=O)(=O)CCSc1ccccc1N. The van der Waals surface area contributed by atoms with Crippen molar-refractivity contribution in [1.29, 1.82) is 0 Å². The Labute approximate surface area is 125 Å². The van der Waals surface area contributed by atoms with Crippen LogP contribution in [0.1, 0.15) is 19.8 Å². The van der Waals surface area contributed by atoms with Crippen molar-refractivity contribution in [3.63, 3.8) is 0 Å². The Hall–Kier alpha value is -1.16. The molecule has 0 saturated heterocycles. The van der Waals surface area contributed by atoms with Crippen molar-refractivity contribution in [2.24, 2.45) is 0 Å². The van der Waals surface area contributed by atoms with E-state index in [1.165, 1.54) is 11.8 Å². The standard InChI is InChI=1S/C14H20N2O2S2/c1-3-7-12(4-2)16-20(17,18)11-10-19-14-9-6-5-8-13(14)15/h1,5-6,8-9,12,16H,4,7,10-11,15H2,2H3. The van der Waals surface area contributed by atoms with E-state index >= 15 is 0 Å². The first-order chi connectivity index (χ1) is 9.48. The fraction of sp³-hybridized carbons (Fsp3) is 0.429. The molecule has 110 valence electrons. The van der Waals surface area contributed by atoms with Crippen LogP contribution in [-0.4, -0.2) is 26.0 Å². The highest BCUT2D eigenvalue weighted by molar-refractivity contribution is 8.00. The summed E-state index contributed by atoms with van der Waals surface area (Å²) in [4.78, 5) is 0.901. The Morgan fingerprint density at radius 2 is 2.15 bits per heavy atom. The van der Waals surface area contributed by atoms with Crippen LogP contribution in [0.2, 0.25) is 0 Å². The summed E-state index contributed by atoms with van der Waals surface area (Å²) >= 11 is 1.44. The molecule has 1 aromatic carbocycles. The Morgan fingerprint density at radius 1 is 1.45 bits per heavy atom.